The van der Waals surface area contributed by atoms with Crippen molar-refractivity contribution in [1.82, 2.24) is 14.6 Å². The van der Waals surface area contributed by atoms with Crippen molar-refractivity contribution < 1.29 is 0 Å². The van der Waals surface area contributed by atoms with Crippen LogP contribution in [0.3, 0.4) is 0 Å². The van der Waals surface area contributed by atoms with Gasteiger partial charge in [-0.25, -0.2) is 9.50 Å². The smallest absolute Gasteiger partial charge is 0.184 e. The lowest BCUT2D eigenvalue weighted by atomic mass is 9.84. The van der Waals surface area contributed by atoms with Gasteiger partial charge in [-0.3, -0.25) is 0 Å². The third kappa shape index (κ3) is 9.05. The van der Waals surface area contributed by atoms with Crippen molar-refractivity contribution in [2.75, 3.05) is 0 Å². The summed E-state index contributed by atoms with van der Waals surface area (Å²) in [6, 6.07) is 20.9. The van der Waals surface area contributed by atoms with E-state index in [0.29, 0.717) is 17.3 Å². The van der Waals surface area contributed by atoms with Crippen molar-refractivity contribution in [2.45, 2.75) is 72.1 Å². The van der Waals surface area contributed by atoms with Crippen LogP contribution in [-0.2, 0) is 6.42 Å². The highest BCUT2D eigenvalue weighted by Gasteiger charge is 2.24. The molecule has 0 aliphatic heterocycles. The molecule has 41 heavy (non-hydrogen) atoms. The van der Waals surface area contributed by atoms with Crippen molar-refractivity contribution >= 4 is 22.7 Å². The molecule has 1 fully saturated rings. The Morgan fingerprint density at radius 3 is 2.22 bits per heavy atom. The van der Waals surface area contributed by atoms with Gasteiger partial charge in [0.15, 0.2) is 11.3 Å². The molecule has 6 heteroatoms. The zero-order chi connectivity index (χ0) is 29.5. The van der Waals surface area contributed by atoms with E-state index in [1.807, 2.05) is 48.8 Å². The normalized spacial score (nSPS) is 12.6. The summed E-state index contributed by atoms with van der Waals surface area (Å²) in [4.78, 5) is 15.5. The van der Waals surface area contributed by atoms with E-state index >= 15 is 0 Å². The van der Waals surface area contributed by atoms with Gasteiger partial charge in [0.1, 0.15) is 0 Å². The number of thiophene rings is 1. The molecule has 0 unspecified atom stereocenters. The molecular formula is C35H42N4OS. The molecule has 3 heterocycles. The molecule has 0 atom stereocenters. The maximum Gasteiger partial charge on any atom is 0.184 e. The van der Waals surface area contributed by atoms with Crippen LogP contribution < -0.4 is 0 Å². The van der Waals surface area contributed by atoms with Crippen molar-refractivity contribution in [3.63, 3.8) is 0 Å². The number of aromatic nitrogens is 3. The first-order valence-electron chi connectivity index (χ1n) is 14.5. The second-order valence-corrected chi connectivity index (χ2v) is 10.7. The Morgan fingerprint density at radius 1 is 0.951 bits per heavy atom. The molecule has 3 aromatic heterocycles. The number of nitrogens with zero attached hydrogens (tertiary/aromatic N) is 4. The summed E-state index contributed by atoms with van der Waals surface area (Å²) in [7, 11) is 0. The van der Waals surface area contributed by atoms with Gasteiger partial charge in [0.05, 0.1) is 11.9 Å². The van der Waals surface area contributed by atoms with Gasteiger partial charge in [0, 0.05) is 17.7 Å². The number of benzene rings is 2. The van der Waals surface area contributed by atoms with Crippen LogP contribution in [0.4, 0.5) is 5.69 Å². The number of aryl methyl sites for hydroxylation is 2. The van der Waals surface area contributed by atoms with Gasteiger partial charge >= 0.3 is 0 Å². The average Bonchev–Trinajstić information content (AvgIpc) is 3.69. The molecule has 5 aromatic rings. The SMILES string of the molecule is C=CCc1ccccc1.CC.Cc1ccc(-c2cnc3c(N=O)cnn3c2C2CCCCC2)cc1.Cc1ccsc1. The largest absolute Gasteiger partial charge is 0.234 e. The minimum Gasteiger partial charge on any atom is -0.234 e. The van der Waals surface area contributed by atoms with E-state index in [4.69, 9.17) is 0 Å². The summed E-state index contributed by atoms with van der Waals surface area (Å²) < 4.78 is 1.84. The van der Waals surface area contributed by atoms with Crippen molar-refractivity contribution in [1.29, 1.82) is 0 Å². The molecule has 0 radical (unpaired) electrons. The number of hydrogen-bond acceptors (Lipinski definition) is 5. The molecule has 0 amide bonds. The molecule has 0 N–H and O–H groups in total. The first-order chi connectivity index (χ1) is 20.1. The van der Waals surface area contributed by atoms with Crippen molar-refractivity contribution in [2.24, 2.45) is 5.18 Å². The Hall–Kier alpha value is -3.90. The molecule has 214 valence electrons. The van der Waals surface area contributed by atoms with Gasteiger partial charge in [0.2, 0.25) is 0 Å². The highest BCUT2D eigenvalue weighted by atomic mass is 32.1. The van der Waals surface area contributed by atoms with Crippen LogP contribution >= 0.6 is 11.3 Å². The van der Waals surface area contributed by atoms with Gasteiger partial charge in [-0.2, -0.15) is 16.4 Å². The Labute approximate surface area is 249 Å². The summed E-state index contributed by atoms with van der Waals surface area (Å²) >= 11 is 1.74. The first-order valence-corrected chi connectivity index (χ1v) is 15.5. The van der Waals surface area contributed by atoms with Crippen LogP contribution in [0.15, 0.2) is 102 Å². The van der Waals surface area contributed by atoms with E-state index in [2.05, 4.69) is 88.9 Å². The molecule has 1 aliphatic rings. The lowest BCUT2D eigenvalue weighted by Gasteiger charge is -2.24. The third-order valence-electron chi connectivity index (χ3n) is 6.88. The van der Waals surface area contributed by atoms with Gasteiger partial charge in [-0.1, -0.05) is 99.3 Å². The van der Waals surface area contributed by atoms with Crippen LogP contribution in [0, 0.1) is 18.8 Å². The molecule has 1 saturated carbocycles. The maximum absolute atomic E-state index is 11.0. The van der Waals surface area contributed by atoms with E-state index in [1.165, 1.54) is 47.8 Å². The van der Waals surface area contributed by atoms with Crippen LogP contribution in [-0.4, -0.2) is 14.6 Å². The van der Waals surface area contributed by atoms with Gasteiger partial charge in [0.25, 0.3) is 0 Å². The van der Waals surface area contributed by atoms with Crippen LogP contribution in [0.1, 0.15) is 74.3 Å². The standard InChI is InChI=1S/C19H20N4O.C9H10.C5H6S.C2H6/c1-13-7-9-14(10-8-13)16-11-20-19-17(22-24)12-21-23(19)18(16)15-5-3-2-4-6-15;1-2-6-9-7-4-3-5-8-9;1-5-2-3-6-4-5;1-2/h7-12,15H,2-6H2,1H3;2-5,7-8H,1,6H2;2-4H,1H3;1-2H3. The lowest BCUT2D eigenvalue weighted by Crippen LogP contribution is -2.12. The molecule has 0 bridgehead atoms. The minimum atomic E-state index is 0.308. The highest BCUT2D eigenvalue weighted by Crippen LogP contribution is 2.38. The second kappa shape index (κ2) is 17.0. The number of allylic oxidation sites excluding steroid dienone is 1. The fourth-order valence-corrected chi connectivity index (χ4v) is 5.50. The molecule has 2 aromatic carbocycles. The molecule has 0 saturated heterocycles. The maximum atomic E-state index is 11.0. The minimum absolute atomic E-state index is 0.308. The number of hydrogen-bond donors (Lipinski definition) is 0. The predicted molar refractivity (Wildman–Crippen MR) is 175 cm³/mol. The number of fused-ring (bicyclic) bond motifs is 1. The van der Waals surface area contributed by atoms with Gasteiger partial charge in [-0.15, -0.1) is 11.5 Å². The average molecular weight is 567 g/mol. The molecule has 6 rings (SSSR count). The van der Waals surface area contributed by atoms with E-state index in [0.717, 1.165) is 30.4 Å². The summed E-state index contributed by atoms with van der Waals surface area (Å²) in [5.41, 5.74) is 8.20. The van der Waals surface area contributed by atoms with Crippen LogP contribution in [0.5, 0.6) is 0 Å². The monoisotopic (exact) mass is 566 g/mol. The summed E-state index contributed by atoms with van der Waals surface area (Å²) in [6.45, 7) is 11.8. The third-order valence-corrected chi connectivity index (χ3v) is 7.69. The van der Waals surface area contributed by atoms with E-state index < -0.39 is 0 Å². The Kier molecular flexibility index (Phi) is 13.1. The lowest BCUT2D eigenvalue weighted by molar-refractivity contribution is 0.431. The molecule has 5 nitrogen and oxygen atoms in total. The molecule has 1 aliphatic carbocycles. The van der Waals surface area contributed by atoms with E-state index in [-0.39, 0.29) is 0 Å². The molecule has 0 spiro atoms. The van der Waals surface area contributed by atoms with Crippen molar-refractivity contribution in [3.05, 3.63) is 124 Å². The van der Waals surface area contributed by atoms with Crippen molar-refractivity contribution in [3.8, 4) is 11.1 Å². The number of rotatable bonds is 5. The van der Waals surface area contributed by atoms with Crippen LogP contribution in [0.25, 0.3) is 16.8 Å². The van der Waals surface area contributed by atoms with Gasteiger partial charge < -0.3 is 0 Å². The van der Waals surface area contributed by atoms with Crippen LogP contribution in [0.2, 0.25) is 0 Å². The van der Waals surface area contributed by atoms with E-state index in [9.17, 15) is 4.91 Å². The predicted octanol–water partition coefficient (Wildman–Crippen LogP) is 10.6. The highest BCUT2D eigenvalue weighted by molar-refractivity contribution is 7.07. The summed E-state index contributed by atoms with van der Waals surface area (Å²) in [5.74, 6) is 0.444. The zero-order valence-corrected chi connectivity index (χ0v) is 25.6. The second-order valence-electron chi connectivity index (χ2n) is 9.89. The fraction of sp³-hybridized carbons (Fsp3) is 0.314. The fourth-order valence-electron chi connectivity index (χ4n) is 4.84. The first kappa shape index (κ1) is 31.6. The van der Waals surface area contributed by atoms with E-state index in [1.54, 1.807) is 11.3 Å². The topological polar surface area (TPSA) is 59.6 Å². The Morgan fingerprint density at radius 2 is 1.66 bits per heavy atom. The zero-order valence-electron chi connectivity index (χ0n) is 24.8. The van der Waals surface area contributed by atoms with Gasteiger partial charge in [-0.05, 0) is 71.8 Å². The number of nitroso groups, excluding NO2 is 1. The summed E-state index contributed by atoms with van der Waals surface area (Å²) in [6.07, 6.45) is 12.4. The Balaban J connectivity index is 0.000000222. The Bertz CT molecular complexity index is 1450. The summed E-state index contributed by atoms with van der Waals surface area (Å²) in [5, 5.41) is 11.7. The molecular weight excluding hydrogens is 524 g/mol. The quantitative estimate of drug-likeness (QED) is 0.157.